The van der Waals surface area contributed by atoms with E-state index >= 15 is 0 Å². The number of nitrogens with zero attached hydrogens (tertiary/aromatic N) is 3. The van der Waals surface area contributed by atoms with Gasteiger partial charge in [-0.1, -0.05) is 126 Å². The molecule has 0 aliphatic carbocycles. The third kappa shape index (κ3) is 15.7. The van der Waals surface area contributed by atoms with Crippen LogP contribution in [0.1, 0.15) is 17.2 Å². The molecule has 7 rings (SSSR count). The number of primary amides is 1. The maximum Gasteiger partial charge on any atom is 0.265 e. The van der Waals surface area contributed by atoms with Crippen molar-refractivity contribution < 1.29 is 29.1 Å². The van der Waals surface area contributed by atoms with Crippen molar-refractivity contribution in [1.29, 1.82) is 21.6 Å². The lowest BCUT2D eigenvalue weighted by atomic mass is 9.97. The van der Waals surface area contributed by atoms with E-state index < -0.39 is 90.3 Å². The molecule has 1 aromatic heterocycles. The predicted octanol–water partition coefficient (Wildman–Crippen LogP) is 0.266. The second-order valence-electron chi connectivity index (χ2n) is 18.0. The zero-order valence-electron chi connectivity index (χ0n) is 43.1. The molecule has 6 aromatic carbocycles. The Morgan fingerprint density at radius 2 is 0.915 bits per heavy atom. The lowest BCUT2D eigenvalue weighted by molar-refractivity contribution is -0.135. The van der Waals surface area contributed by atoms with Crippen molar-refractivity contribution in [1.82, 2.24) is 57.8 Å². The van der Waals surface area contributed by atoms with Gasteiger partial charge in [-0.25, -0.2) is 9.97 Å². The SMILES string of the molecule is N=C(N)NC(NC(=O)C(NC(=N)N)NC(=O)C(NC(=N)N)NC(=O)C(NC(=N)N)NC(=O)C(NCC(O)N(Cc1cc2ccccc2c2ccccc12)c1nc(-c2ccc(Cl)cc2)cc(-c2ccc(Cl)cc2)n1)c1ccccc1)C(N)=O. The van der Waals surface area contributed by atoms with Gasteiger partial charge in [-0.2, -0.15) is 0 Å². The molecular formula is C53H57Cl2N21O6. The molecule has 29 heteroatoms. The zero-order valence-corrected chi connectivity index (χ0v) is 44.6. The van der Waals surface area contributed by atoms with Crippen molar-refractivity contribution in [3.8, 4) is 22.5 Å². The molecule has 1 heterocycles. The van der Waals surface area contributed by atoms with Gasteiger partial charge in [0.1, 0.15) is 12.3 Å². The summed E-state index contributed by atoms with van der Waals surface area (Å²) in [5, 5.41) is 69.1. The number of nitrogens with two attached hydrogens (primary N) is 5. The van der Waals surface area contributed by atoms with E-state index in [4.69, 9.17) is 83.5 Å². The molecule has 0 fully saturated rings. The molecule has 0 aliphatic rings. The first-order chi connectivity index (χ1) is 39.1. The van der Waals surface area contributed by atoms with Crippen LogP contribution in [0.15, 0.2) is 140 Å². The Bertz CT molecular complexity index is 3480. The number of anilines is 1. The predicted molar refractivity (Wildman–Crippen MR) is 311 cm³/mol. The van der Waals surface area contributed by atoms with Gasteiger partial charge in [-0.05, 0) is 69.1 Å². The zero-order chi connectivity index (χ0) is 59.2. The largest absolute Gasteiger partial charge is 0.372 e. The minimum absolute atomic E-state index is 0.0234. The summed E-state index contributed by atoms with van der Waals surface area (Å²) in [5.41, 5.74) is 30.7. The number of hydrogen-bond donors (Lipinski definition) is 19. The van der Waals surface area contributed by atoms with E-state index in [9.17, 15) is 29.1 Å². The minimum atomic E-state index is -2.06. The molecule has 0 radical (unpaired) electrons. The number of carbonyl (C=O) groups is 5. The van der Waals surface area contributed by atoms with Gasteiger partial charge >= 0.3 is 0 Å². The maximum absolute atomic E-state index is 14.7. The van der Waals surface area contributed by atoms with Gasteiger partial charge in [0.15, 0.2) is 48.5 Å². The summed E-state index contributed by atoms with van der Waals surface area (Å²) in [7, 11) is 0. The second-order valence-corrected chi connectivity index (χ2v) is 18.9. The Labute approximate surface area is 477 Å². The van der Waals surface area contributed by atoms with E-state index in [-0.39, 0.29) is 19.0 Å². The highest BCUT2D eigenvalue weighted by Crippen LogP contribution is 2.33. The molecule has 0 saturated heterocycles. The average Bonchev–Trinajstić information content (AvgIpc) is 3.47. The number of aliphatic hydroxyl groups is 1. The van der Waals surface area contributed by atoms with Crippen molar-refractivity contribution in [3.05, 3.63) is 161 Å². The van der Waals surface area contributed by atoms with E-state index in [0.29, 0.717) is 38.1 Å². The molecule has 24 N–H and O–H groups in total. The van der Waals surface area contributed by atoms with E-state index in [0.717, 1.165) is 27.1 Å². The lowest BCUT2D eigenvalue weighted by Crippen LogP contribution is -2.68. The van der Waals surface area contributed by atoms with Crippen molar-refractivity contribution in [2.45, 2.75) is 43.5 Å². The van der Waals surface area contributed by atoms with Gasteiger partial charge in [-0.3, -0.25) is 50.9 Å². The lowest BCUT2D eigenvalue weighted by Gasteiger charge is -2.31. The van der Waals surface area contributed by atoms with Gasteiger partial charge in [0, 0.05) is 34.3 Å². The van der Waals surface area contributed by atoms with Crippen molar-refractivity contribution >= 4 is 104 Å². The van der Waals surface area contributed by atoms with Gasteiger partial charge in [0.05, 0.1) is 11.4 Å². The summed E-state index contributed by atoms with van der Waals surface area (Å²) in [6.07, 6.45) is -9.35. The number of halogens is 2. The van der Waals surface area contributed by atoms with Crippen LogP contribution in [0.3, 0.4) is 0 Å². The topological polar surface area (TPSA) is 468 Å². The van der Waals surface area contributed by atoms with Crippen LogP contribution in [0.5, 0.6) is 0 Å². The van der Waals surface area contributed by atoms with Crippen LogP contribution < -0.4 is 81.4 Å². The van der Waals surface area contributed by atoms with Crippen LogP contribution in [-0.2, 0) is 30.5 Å². The number of rotatable bonds is 23. The Balaban J connectivity index is 1.21. The maximum atomic E-state index is 14.7. The fourth-order valence-electron chi connectivity index (χ4n) is 8.40. The number of aromatic nitrogens is 2. The highest BCUT2D eigenvalue weighted by atomic mass is 35.5. The van der Waals surface area contributed by atoms with Gasteiger partial charge in [0.2, 0.25) is 11.9 Å². The van der Waals surface area contributed by atoms with Crippen molar-refractivity contribution in [3.63, 3.8) is 0 Å². The summed E-state index contributed by atoms with van der Waals surface area (Å²) in [6, 6.07) is 40.5. The quantitative estimate of drug-likeness (QED) is 0.0177. The molecule has 0 aliphatic heterocycles. The summed E-state index contributed by atoms with van der Waals surface area (Å²) < 4.78 is 0. The monoisotopic (exact) mass is 1150 g/mol. The second kappa shape index (κ2) is 27.0. The van der Waals surface area contributed by atoms with Crippen LogP contribution in [0, 0.1) is 21.6 Å². The number of hydrogen-bond acceptors (Lipinski definition) is 14. The van der Waals surface area contributed by atoms with Crippen molar-refractivity contribution in [2.24, 2.45) is 28.7 Å². The number of carbonyl (C=O) groups excluding carboxylic acids is 5. The van der Waals surface area contributed by atoms with E-state index in [1.807, 2.05) is 54.6 Å². The molecule has 5 amide bonds. The number of amides is 5. The first kappa shape index (κ1) is 59.3. The molecule has 27 nitrogen and oxygen atoms in total. The molecule has 6 unspecified atom stereocenters. The smallest absolute Gasteiger partial charge is 0.265 e. The van der Waals surface area contributed by atoms with E-state index in [1.54, 1.807) is 89.8 Å². The minimum Gasteiger partial charge on any atom is -0.372 e. The number of aliphatic hydroxyl groups excluding tert-OH is 1. The molecule has 6 atom stereocenters. The highest BCUT2D eigenvalue weighted by Gasteiger charge is 2.34. The van der Waals surface area contributed by atoms with Crippen LogP contribution >= 0.6 is 23.2 Å². The van der Waals surface area contributed by atoms with Crippen LogP contribution in [0.4, 0.5) is 5.95 Å². The molecule has 0 saturated carbocycles. The third-order valence-electron chi connectivity index (χ3n) is 12.1. The number of guanidine groups is 4. The number of nitrogens with one attached hydrogen (secondary N) is 13. The molecule has 424 valence electrons. The fourth-order valence-corrected chi connectivity index (χ4v) is 8.65. The number of fused-ring (bicyclic) bond motifs is 3. The number of benzene rings is 6. The standard InChI is InChI=1S/C53H57Cl2N21O6/c54-31-18-14-26(15-19-31)36-23-37(27-16-20-32(55)21-17-27)67-53(66-36)76(25-30-22-29-10-4-5-11-33(29)35-13-7-6-12-34(30)35)38(77)24-65-39(28-8-2-1-3-9-28)45(79)69-42(73-50(59)60)47(81)71-44(75-52(63)64)48(82)70-43(74-51(61)62)46(80)68-41(40(56)78)72-49(57)58/h1-23,38-39,41-44,65,77H,24-25H2,(H2,56,78)(H,68,80)(H,69,79)(H,70,82)(H,71,81)(H4,57,58,72)(H4,59,60,73)(H4,61,62,74)(H4,63,64,75). The molecular weight excluding hydrogens is 1100 g/mol. The highest BCUT2D eigenvalue weighted by molar-refractivity contribution is 6.31. The van der Waals surface area contributed by atoms with Crippen molar-refractivity contribution in [2.75, 3.05) is 11.4 Å². The Hall–Kier alpha value is -10.4. The van der Waals surface area contributed by atoms with Crippen LogP contribution in [0.25, 0.3) is 44.1 Å². The first-order valence-corrected chi connectivity index (χ1v) is 25.4. The van der Waals surface area contributed by atoms with E-state index in [1.165, 1.54) is 0 Å². The summed E-state index contributed by atoms with van der Waals surface area (Å²) >= 11 is 12.6. The van der Waals surface area contributed by atoms with Crippen LogP contribution in [0.2, 0.25) is 10.0 Å². The normalized spacial score (nSPS) is 13.1. The van der Waals surface area contributed by atoms with Gasteiger partial charge < -0.3 is 81.2 Å². The Morgan fingerprint density at radius 3 is 1.39 bits per heavy atom. The fraction of sp³-hybridized carbons (Fsp3) is 0.151. The third-order valence-corrected chi connectivity index (χ3v) is 12.6. The molecule has 0 bridgehead atoms. The van der Waals surface area contributed by atoms with Crippen LogP contribution in [-0.4, -0.2) is 106 Å². The molecule has 82 heavy (non-hydrogen) atoms. The molecule has 0 spiro atoms. The Morgan fingerprint density at radius 1 is 0.500 bits per heavy atom. The van der Waals surface area contributed by atoms with E-state index in [2.05, 4.69) is 47.9 Å². The average molecular weight is 1160 g/mol. The van der Waals surface area contributed by atoms with Gasteiger partial charge in [-0.15, -0.1) is 0 Å². The Kier molecular flexibility index (Phi) is 19.5. The summed E-state index contributed by atoms with van der Waals surface area (Å²) in [5.74, 6) is -9.29. The summed E-state index contributed by atoms with van der Waals surface area (Å²) in [6.45, 7) is -0.353. The van der Waals surface area contributed by atoms with Gasteiger partial charge in [0.25, 0.3) is 23.6 Å². The molecule has 7 aromatic rings. The summed E-state index contributed by atoms with van der Waals surface area (Å²) in [4.78, 5) is 79.4. The first-order valence-electron chi connectivity index (χ1n) is 24.6.